The van der Waals surface area contributed by atoms with E-state index in [9.17, 15) is 0 Å². The number of nitrogens with two attached hydrogens (primary N) is 1. The Balaban J connectivity index is 2.14. The molecule has 1 heterocycles. The van der Waals surface area contributed by atoms with E-state index in [1.165, 1.54) is 0 Å². The molecule has 102 valence electrons. The van der Waals surface area contributed by atoms with Crippen LogP contribution in [-0.4, -0.2) is 23.2 Å². The lowest BCUT2D eigenvalue weighted by molar-refractivity contribution is 0.258. The Hall–Kier alpha value is -1.81. The molecule has 1 unspecified atom stereocenters. The number of nitrogens with one attached hydrogen (secondary N) is 1. The van der Waals surface area contributed by atoms with Crippen LogP contribution in [0.1, 0.15) is 19.8 Å². The first kappa shape index (κ1) is 13.6. The number of aliphatic hydroxyl groups excluding tert-OH is 1. The van der Waals surface area contributed by atoms with Gasteiger partial charge >= 0.3 is 0 Å². The minimum Gasteiger partial charge on any atom is -0.397 e. The number of hydrogen-bond acceptors (Lipinski definition) is 4. The predicted molar refractivity (Wildman–Crippen MR) is 80.1 cm³/mol. The molecule has 0 radical (unpaired) electrons. The number of fused-ring (bicyclic) bond motifs is 1. The summed E-state index contributed by atoms with van der Waals surface area (Å²) in [5, 5.41) is 13.4. The number of aliphatic hydroxyl groups is 1. The molecule has 2 rings (SSSR count). The molecule has 0 bridgehead atoms. The van der Waals surface area contributed by atoms with Crippen LogP contribution < -0.4 is 11.1 Å². The van der Waals surface area contributed by atoms with E-state index in [-0.39, 0.29) is 6.61 Å². The average molecular weight is 259 g/mol. The van der Waals surface area contributed by atoms with Crippen LogP contribution in [0.3, 0.4) is 0 Å². The third-order valence-electron chi connectivity index (χ3n) is 3.52. The van der Waals surface area contributed by atoms with Gasteiger partial charge in [0, 0.05) is 24.7 Å². The van der Waals surface area contributed by atoms with Gasteiger partial charge in [-0.05, 0) is 36.6 Å². The van der Waals surface area contributed by atoms with E-state index in [1.54, 1.807) is 6.20 Å². The zero-order chi connectivity index (χ0) is 13.7. The quantitative estimate of drug-likeness (QED) is 0.697. The minimum absolute atomic E-state index is 0.233. The summed E-state index contributed by atoms with van der Waals surface area (Å²) in [6.07, 6.45) is 3.63. The van der Waals surface area contributed by atoms with Crippen molar-refractivity contribution >= 4 is 22.3 Å². The van der Waals surface area contributed by atoms with Crippen molar-refractivity contribution in [1.29, 1.82) is 0 Å². The minimum atomic E-state index is 0.233. The Bertz CT molecular complexity index is 542. The number of nitrogens with zero attached hydrogens (tertiary/aromatic N) is 1. The molecule has 4 nitrogen and oxygen atoms in total. The largest absolute Gasteiger partial charge is 0.397 e. The van der Waals surface area contributed by atoms with Crippen LogP contribution in [0, 0.1) is 5.92 Å². The topological polar surface area (TPSA) is 71.2 Å². The van der Waals surface area contributed by atoms with Crippen LogP contribution in [0.4, 0.5) is 11.4 Å². The smallest absolute Gasteiger partial charge is 0.0724 e. The standard InChI is InChI=1S/C15H21N3O/c1-2-11(7-9-19)10-18-14-6-5-13-12(15(14)16)4-3-8-17-13/h3-6,8,11,18-19H,2,7,9-10,16H2,1H3. The van der Waals surface area contributed by atoms with Crippen molar-refractivity contribution in [2.75, 3.05) is 24.2 Å². The second kappa shape index (κ2) is 6.38. The lowest BCUT2D eigenvalue weighted by Crippen LogP contribution is -2.15. The fourth-order valence-electron chi connectivity index (χ4n) is 2.22. The summed E-state index contributed by atoms with van der Waals surface area (Å²) in [6.45, 7) is 3.19. The maximum Gasteiger partial charge on any atom is 0.0724 e. The zero-order valence-corrected chi connectivity index (χ0v) is 11.3. The van der Waals surface area contributed by atoms with Gasteiger partial charge in [-0.1, -0.05) is 13.3 Å². The van der Waals surface area contributed by atoms with Crippen LogP contribution in [-0.2, 0) is 0 Å². The van der Waals surface area contributed by atoms with E-state index < -0.39 is 0 Å². The van der Waals surface area contributed by atoms with Crippen LogP contribution in [0.2, 0.25) is 0 Å². The van der Waals surface area contributed by atoms with Crippen molar-refractivity contribution in [2.24, 2.45) is 5.92 Å². The molecular weight excluding hydrogens is 238 g/mol. The van der Waals surface area contributed by atoms with Crippen molar-refractivity contribution in [3.8, 4) is 0 Å². The van der Waals surface area contributed by atoms with Gasteiger partial charge in [-0.2, -0.15) is 0 Å². The van der Waals surface area contributed by atoms with Gasteiger partial charge < -0.3 is 16.2 Å². The molecule has 1 atom stereocenters. The SMILES string of the molecule is CCC(CCO)CNc1ccc2ncccc2c1N. The number of rotatable bonds is 6. The molecule has 0 aliphatic heterocycles. The molecule has 0 spiro atoms. The summed E-state index contributed by atoms with van der Waals surface area (Å²) < 4.78 is 0. The van der Waals surface area contributed by atoms with Gasteiger partial charge in [0.1, 0.15) is 0 Å². The highest BCUT2D eigenvalue weighted by Gasteiger charge is 2.08. The first-order valence-electron chi connectivity index (χ1n) is 6.74. The lowest BCUT2D eigenvalue weighted by atomic mass is 10.0. The van der Waals surface area contributed by atoms with Gasteiger partial charge in [0.15, 0.2) is 0 Å². The molecule has 4 heteroatoms. The Labute approximate surface area is 113 Å². The number of benzene rings is 1. The third kappa shape index (κ3) is 3.15. The number of pyridine rings is 1. The van der Waals surface area contributed by atoms with Crippen molar-refractivity contribution in [1.82, 2.24) is 4.98 Å². The Morgan fingerprint density at radius 1 is 1.37 bits per heavy atom. The summed E-state index contributed by atoms with van der Waals surface area (Å²) in [7, 11) is 0. The molecule has 0 aliphatic carbocycles. The summed E-state index contributed by atoms with van der Waals surface area (Å²) >= 11 is 0. The summed E-state index contributed by atoms with van der Waals surface area (Å²) in [6, 6.07) is 7.81. The average Bonchev–Trinajstić information content (AvgIpc) is 2.45. The van der Waals surface area contributed by atoms with Crippen molar-refractivity contribution in [2.45, 2.75) is 19.8 Å². The second-order valence-electron chi connectivity index (χ2n) is 4.76. The molecule has 0 aliphatic rings. The Kier molecular flexibility index (Phi) is 4.58. The lowest BCUT2D eigenvalue weighted by Gasteiger charge is -2.17. The Morgan fingerprint density at radius 3 is 2.95 bits per heavy atom. The first-order valence-corrected chi connectivity index (χ1v) is 6.74. The zero-order valence-electron chi connectivity index (χ0n) is 11.3. The first-order chi connectivity index (χ1) is 9.26. The fraction of sp³-hybridized carbons (Fsp3) is 0.400. The van der Waals surface area contributed by atoms with Crippen LogP contribution in [0.25, 0.3) is 10.9 Å². The third-order valence-corrected chi connectivity index (χ3v) is 3.52. The van der Waals surface area contributed by atoms with Gasteiger partial charge in [-0.25, -0.2) is 0 Å². The Morgan fingerprint density at radius 2 is 2.21 bits per heavy atom. The van der Waals surface area contributed by atoms with Crippen molar-refractivity contribution in [3.63, 3.8) is 0 Å². The summed E-state index contributed by atoms with van der Waals surface area (Å²) in [4.78, 5) is 4.28. The maximum atomic E-state index is 9.00. The van der Waals surface area contributed by atoms with Crippen molar-refractivity contribution in [3.05, 3.63) is 30.5 Å². The van der Waals surface area contributed by atoms with E-state index in [0.717, 1.165) is 41.7 Å². The van der Waals surface area contributed by atoms with E-state index in [2.05, 4.69) is 17.2 Å². The molecule has 0 saturated heterocycles. The molecule has 0 saturated carbocycles. The number of hydrogen-bond donors (Lipinski definition) is 3. The maximum absolute atomic E-state index is 9.00. The van der Waals surface area contributed by atoms with E-state index in [1.807, 2.05) is 24.3 Å². The van der Waals surface area contributed by atoms with Crippen LogP contribution in [0.5, 0.6) is 0 Å². The number of aromatic nitrogens is 1. The molecule has 2 aromatic rings. The van der Waals surface area contributed by atoms with Gasteiger partial charge in [0.05, 0.1) is 16.9 Å². The highest BCUT2D eigenvalue weighted by atomic mass is 16.3. The molecule has 0 fully saturated rings. The monoisotopic (exact) mass is 259 g/mol. The van der Waals surface area contributed by atoms with E-state index in [4.69, 9.17) is 10.8 Å². The van der Waals surface area contributed by atoms with Gasteiger partial charge in [0.2, 0.25) is 0 Å². The van der Waals surface area contributed by atoms with Crippen LogP contribution >= 0.6 is 0 Å². The fourth-order valence-corrected chi connectivity index (χ4v) is 2.22. The molecule has 1 aromatic heterocycles. The summed E-state index contributed by atoms with van der Waals surface area (Å²) in [5.74, 6) is 0.467. The highest BCUT2D eigenvalue weighted by Crippen LogP contribution is 2.27. The van der Waals surface area contributed by atoms with Gasteiger partial charge in [-0.15, -0.1) is 0 Å². The molecule has 0 amide bonds. The van der Waals surface area contributed by atoms with E-state index >= 15 is 0 Å². The molecule has 1 aromatic carbocycles. The van der Waals surface area contributed by atoms with Gasteiger partial charge in [0.25, 0.3) is 0 Å². The van der Waals surface area contributed by atoms with Gasteiger partial charge in [-0.3, -0.25) is 4.98 Å². The number of anilines is 2. The molecule has 19 heavy (non-hydrogen) atoms. The summed E-state index contributed by atoms with van der Waals surface area (Å²) in [5.41, 5.74) is 8.76. The predicted octanol–water partition coefficient (Wildman–Crippen LogP) is 2.64. The normalized spacial score (nSPS) is 12.5. The highest BCUT2D eigenvalue weighted by molar-refractivity contribution is 5.96. The number of nitrogen functional groups attached to an aromatic ring is 1. The van der Waals surface area contributed by atoms with Crippen LogP contribution in [0.15, 0.2) is 30.5 Å². The van der Waals surface area contributed by atoms with E-state index in [0.29, 0.717) is 5.92 Å². The second-order valence-corrected chi connectivity index (χ2v) is 4.76. The molecular formula is C15H21N3O. The molecule has 4 N–H and O–H groups in total. The van der Waals surface area contributed by atoms with Crippen molar-refractivity contribution < 1.29 is 5.11 Å².